The highest BCUT2D eigenvalue weighted by atomic mass is 16.3. The molecule has 38 heavy (non-hydrogen) atoms. The molecule has 0 radical (unpaired) electrons. The molecule has 1 atom stereocenters. The van der Waals surface area contributed by atoms with Crippen LogP contribution in [0.4, 0.5) is 11.5 Å². The van der Waals surface area contributed by atoms with Crippen molar-refractivity contribution in [1.82, 2.24) is 14.8 Å². The minimum Gasteiger partial charge on any atom is -0.508 e. The van der Waals surface area contributed by atoms with Crippen molar-refractivity contribution in [2.24, 2.45) is 11.7 Å². The second-order valence-electron chi connectivity index (χ2n) is 8.79. The molecular weight excluding hydrogens is 472 g/mol. The molecule has 1 aliphatic heterocycles. The molecule has 1 fully saturated rings. The highest BCUT2D eigenvalue weighted by Gasteiger charge is 2.16. The minimum atomic E-state index is 0.334. The summed E-state index contributed by atoms with van der Waals surface area (Å²) in [6.07, 6.45) is 13.0. The summed E-state index contributed by atoms with van der Waals surface area (Å²) in [6, 6.07) is 11.2. The van der Waals surface area contributed by atoms with Gasteiger partial charge in [-0.2, -0.15) is 0 Å². The van der Waals surface area contributed by atoms with Crippen molar-refractivity contribution in [1.29, 1.82) is 0 Å². The number of hydrogen-bond acceptors (Lipinski definition) is 7. The predicted octanol–water partition coefficient (Wildman–Crippen LogP) is 5.60. The van der Waals surface area contributed by atoms with Gasteiger partial charge in [-0.25, -0.2) is 4.98 Å². The number of rotatable bonds is 10. The van der Waals surface area contributed by atoms with Gasteiger partial charge in [-0.15, -0.1) is 13.2 Å². The van der Waals surface area contributed by atoms with Crippen molar-refractivity contribution in [2.75, 3.05) is 64.5 Å². The summed E-state index contributed by atoms with van der Waals surface area (Å²) in [5.41, 5.74) is 6.73. The largest absolute Gasteiger partial charge is 0.508 e. The molecule has 2 heterocycles. The van der Waals surface area contributed by atoms with E-state index in [4.69, 9.17) is 5.11 Å². The Morgan fingerprint density at radius 1 is 1.13 bits per heavy atom. The van der Waals surface area contributed by atoms with Gasteiger partial charge in [0.15, 0.2) is 0 Å². The lowest BCUT2D eigenvalue weighted by Gasteiger charge is -2.34. The first kappa shape index (κ1) is 34.9. The zero-order valence-corrected chi connectivity index (χ0v) is 24.4. The molecule has 2 aromatic rings. The smallest absolute Gasteiger partial charge is 0.129 e. The molecule has 0 aliphatic carbocycles. The van der Waals surface area contributed by atoms with Gasteiger partial charge in [0.1, 0.15) is 11.6 Å². The van der Waals surface area contributed by atoms with Crippen LogP contribution >= 0.6 is 0 Å². The fourth-order valence-corrected chi connectivity index (χ4v) is 3.75. The summed E-state index contributed by atoms with van der Waals surface area (Å²) in [4.78, 5) is 9.17. The van der Waals surface area contributed by atoms with Crippen molar-refractivity contribution < 1.29 is 5.11 Å². The number of likely N-dealkylation sites (N-methyl/N-ethyl adjacent to an activating group) is 1. The number of aromatic hydroxyl groups is 1. The third-order valence-corrected chi connectivity index (χ3v) is 5.88. The van der Waals surface area contributed by atoms with Crippen LogP contribution in [0.25, 0.3) is 0 Å². The summed E-state index contributed by atoms with van der Waals surface area (Å²) < 4.78 is 0. The van der Waals surface area contributed by atoms with Gasteiger partial charge >= 0.3 is 0 Å². The maximum Gasteiger partial charge on any atom is 0.129 e. The molecule has 1 aliphatic rings. The fraction of sp³-hybridized carbons (Fsp3) is 0.452. The number of nitrogens with zero attached hydrogens (tertiary/aromatic N) is 3. The summed E-state index contributed by atoms with van der Waals surface area (Å²) >= 11 is 0. The van der Waals surface area contributed by atoms with E-state index in [2.05, 4.69) is 70.4 Å². The second kappa shape index (κ2) is 23.0. The third kappa shape index (κ3) is 15.9. The Morgan fingerprint density at radius 3 is 2.37 bits per heavy atom. The van der Waals surface area contributed by atoms with E-state index in [9.17, 15) is 0 Å². The number of benzene rings is 1. The molecule has 1 unspecified atom stereocenters. The van der Waals surface area contributed by atoms with Gasteiger partial charge < -0.3 is 31.3 Å². The normalized spacial score (nSPS) is 13.9. The monoisotopic (exact) mass is 524 g/mol. The fourth-order valence-electron chi connectivity index (χ4n) is 3.75. The molecule has 1 aromatic heterocycles. The first-order chi connectivity index (χ1) is 18.5. The second-order valence-corrected chi connectivity index (χ2v) is 8.79. The van der Waals surface area contributed by atoms with E-state index >= 15 is 0 Å². The number of anilines is 2. The number of allylic oxidation sites excluding steroid dienone is 2. The Bertz CT molecular complexity index is 879. The number of aromatic nitrogens is 1. The maximum absolute atomic E-state index is 9.14. The van der Waals surface area contributed by atoms with Gasteiger partial charge in [0, 0.05) is 51.7 Å². The first-order valence-corrected chi connectivity index (χ1v) is 13.5. The van der Waals surface area contributed by atoms with Crippen molar-refractivity contribution in [2.45, 2.75) is 33.1 Å². The molecule has 7 nitrogen and oxygen atoms in total. The Balaban J connectivity index is 0.000000714. The van der Waals surface area contributed by atoms with E-state index in [1.54, 1.807) is 24.4 Å². The minimum absolute atomic E-state index is 0.334. The van der Waals surface area contributed by atoms with Crippen LogP contribution in [0, 0.1) is 5.92 Å². The number of aryl methyl sites for hydroxylation is 1. The van der Waals surface area contributed by atoms with E-state index in [1.807, 2.05) is 44.4 Å². The van der Waals surface area contributed by atoms with E-state index < -0.39 is 0 Å². The van der Waals surface area contributed by atoms with Gasteiger partial charge in [0.2, 0.25) is 0 Å². The van der Waals surface area contributed by atoms with Crippen LogP contribution in [-0.2, 0) is 6.42 Å². The number of nitrogens with two attached hydrogens (primary N) is 1. The lowest BCUT2D eigenvalue weighted by molar-refractivity contribution is 0.142. The Labute approximate surface area is 232 Å². The Morgan fingerprint density at radius 2 is 1.82 bits per heavy atom. The molecule has 0 bridgehead atoms. The molecular formula is C31H52N6O. The van der Waals surface area contributed by atoms with Crippen molar-refractivity contribution in [3.05, 3.63) is 85.7 Å². The van der Waals surface area contributed by atoms with Gasteiger partial charge in [0.05, 0.1) is 0 Å². The average molecular weight is 525 g/mol. The standard InChI is InChI=1S/C18H28N4.C9H13NO.C3H6.CH5N/c1-3-17(16-22-14-12-21(2)13-15-22)8-4-6-10-19-18-9-5-7-11-20-18;1-3-7-6-8(11)4-5-9(7)10-2;1-3-2;1-2/h3,5-7,9-11,17H,1,4,8,12-16H2,2H3,(H,19,20);4-6,10-11H,3H2,1-2H3;3H,1H2,2H3;2H2,1H3/b10-6+;;;. The summed E-state index contributed by atoms with van der Waals surface area (Å²) in [5.74, 6) is 1.79. The molecule has 3 rings (SSSR count). The van der Waals surface area contributed by atoms with Gasteiger partial charge in [0.25, 0.3) is 0 Å². The molecule has 5 N–H and O–H groups in total. The molecule has 0 spiro atoms. The number of hydrogen-bond donors (Lipinski definition) is 4. The quantitative estimate of drug-likeness (QED) is 0.238. The van der Waals surface area contributed by atoms with Crippen LogP contribution in [0.3, 0.4) is 0 Å². The molecule has 0 amide bonds. The van der Waals surface area contributed by atoms with E-state index in [0.717, 1.165) is 42.9 Å². The third-order valence-electron chi connectivity index (χ3n) is 5.88. The van der Waals surface area contributed by atoms with Crippen molar-refractivity contribution in [3.63, 3.8) is 0 Å². The SMILES string of the molecule is C=CC.C=CC(CC/C=C/Nc1ccccn1)CN1CCN(C)CC1.CCc1cc(O)ccc1NC.CN. The molecule has 1 saturated heterocycles. The zero-order chi connectivity index (χ0) is 28.6. The van der Waals surface area contributed by atoms with Gasteiger partial charge in [-0.1, -0.05) is 31.2 Å². The van der Waals surface area contributed by atoms with Crippen LogP contribution in [0.1, 0.15) is 32.3 Å². The summed E-state index contributed by atoms with van der Waals surface area (Å²) in [6.45, 7) is 17.2. The van der Waals surface area contributed by atoms with Crippen molar-refractivity contribution >= 4 is 11.5 Å². The van der Waals surface area contributed by atoms with Crippen LogP contribution in [0.15, 0.2) is 80.2 Å². The maximum atomic E-state index is 9.14. The average Bonchev–Trinajstić information content (AvgIpc) is 2.95. The molecule has 212 valence electrons. The first-order valence-electron chi connectivity index (χ1n) is 13.5. The topological polar surface area (TPSA) is 89.7 Å². The number of piperazine rings is 1. The van der Waals surface area contributed by atoms with Crippen molar-refractivity contribution in [3.8, 4) is 5.75 Å². The lowest BCUT2D eigenvalue weighted by Crippen LogP contribution is -2.45. The van der Waals surface area contributed by atoms with Crippen LogP contribution in [0.5, 0.6) is 5.75 Å². The Hall–Kier alpha value is -3.13. The van der Waals surface area contributed by atoms with Gasteiger partial charge in [-0.3, -0.25) is 0 Å². The Kier molecular flexibility index (Phi) is 21.1. The predicted molar refractivity (Wildman–Crippen MR) is 167 cm³/mol. The summed E-state index contributed by atoms with van der Waals surface area (Å²) in [7, 11) is 5.58. The van der Waals surface area contributed by atoms with Gasteiger partial charge in [-0.05, 0) is 88.3 Å². The van der Waals surface area contributed by atoms with E-state index in [1.165, 1.54) is 33.2 Å². The summed E-state index contributed by atoms with van der Waals surface area (Å²) in [5, 5.41) is 15.4. The number of phenolic OH excluding ortho intramolecular Hbond substituents is 1. The number of nitrogens with one attached hydrogen (secondary N) is 2. The van der Waals surface area contributed by atoms with Crippen LogP contribution in [-0.4, -0.2) is 73.8 Å². The molecule has 1 aromatic carbocycles. The lowest BCUT2D eigenvalue weighted by atomic mass is 10.0. The van der Waals surface area contributed by atoms with E-state index in [0.29, 0.717) is 11.7 Å². The van der Waals surface area contributed by atoms with Crippen LogP contribution < -0.4 is 16.4 Å². The molecule has 7 heteroatoms. The van der Waals surface area contributed by atoms with Crippen LogP contribution in [0.2, 0.25) is 0 Å². The number of phenols is 1. The highest BCUT2D eigenvalue weighted by molar-refractivity contribution is 5.53. The van der Waals surface area contributed by atoms with E-state index in [-0.39, 0.29) is 0 Å². The highest BCUT2D eigenvalue weighted by Crippen LogP contribution is 2.20. The molecule has 0 saturated carbocycles. The number of pyridine rings is 1. The zero-order valence-electron chi connectivity index (χ0n) is 24.4.